The zero-order chi connectivity index (χ0) is 21.8. The van der Waals surface area contributed by atoms with Crippen LogP contribution in [-0.2, 0) is 11.2 Å². The first-order valence-corrected chi connectivity index (χ1v) is 12.0. The van der Waals surface area contributed by atoms with Crippen molar-refractivity contribution in [1.29, 1.82) is 0 Å². The van der Waals surface area contributed by atoms with Gasteiger partial charge in [0.2, 0.25) is 0 Å². The Morgan fingerprint density at radius 2 is 1.90 bits per heavy atom. The van der Waals surface area contributed by atoms with Gasteiger partial charge in [0.15, 0.2) is 0 Å². The number of rotatable bonds is 7. The van der Waals surface area contributed by atoms with Gasteiger partial charge in [-0.3, -0.25) is 4.90 Å². The summed E-state index contributed by atoms with van der Waals surface area (Å²) >= 11 is 9.81. The van der Waals surface area contributed by atoms with E-state index in [1.54, 1.807) is 12.0 Å². The lowest BCUT2D eigenvalue weighted by atomic mass is 9.90. The van der Waals surface area contributed by atoms with E-state index in [4.69, 9.17) is 21.1 Å². The molecule has 166 valence electrons. The lowest BCUT2D eigenvalue weighted by Gasteiger charge is -2.32. The summed E-state index contributed by atoms with van der Waals surface area (Å²) in [5, 5.41) is 0.797. The van der Waals surface area contributed by atoms with Crippen LogP contribution in [0, 0.1) is 5.92 Å². The molecule has 2 aliphatic rings. The van der Waals surface area contributed by atoms with Crippen molar-refractivity contribution in [3.8, 4) is 5.75 Å². The molecule has 1 unspecified atom stereocenters. The highest BCUT2D eigenvalue weighted by atomic mass is 79.9. The average molecular weight is 508 g/mol. The lowest BCUT2D eigenvalue weighted by molar-refractivity contribution is 0.116. The molecule has 0 N–H and O–H groups in total. The molecule has 5 nitrogen and oxygen atoms in total. The topological polar surface area (TPSA) is 42.0 Å². The van der Waals surface area contributed by atoms with E-state index in [1.165, 1.54) is 18.4 Å². The van der Waals surface area contributed by atoms with E-state index < -0.39 is 0 Å². The zero-order valence-electron chi connectivity index (χ0n) is 17.7. The molecular formula is C24H28BrClN2O3. The number of carbonyl (C=O) groups excluding carboxylic acids is 1. The van der Waals surface area contributed by atoms with Crippen molar-refractivity contribution in [3.63, 3.8) is 0 Å². The molecule has 0 bridgehead atoms. The third-order valence-corrected chi connectivity index (χ3v) is 7.26. The summed E-state index contributed by atoms with van der Waals surface area (Å²) in [6.45, 7) is 3.74. The predicted molar refractivity (Wildman–Crippen MR) is 127 cm³/mol. The molecule has 2 aromatic rings. The summed E-state index contributed by atoms with van der Waals surface area (Å²) in [7, 11) is 1.63. The second-order valence-corrected chi connectivity index (χ2v) is 9.62. The molecule has 0 spiro atoms. The summed E-state index contributed by atoms with van der Waals surface area (Å²) in [4.78, 5) is 16.5. The van der Waals surface area contributed by atoms with Crippen LogP contribution in [0.5, 0.6) is 5.75 Å². The Labute approximate surface area is 197 Å². The molecule has 2 aromatic carbocycles. The molecular weight excluding hydrogens is 480 g/mol. The van der Waals surface area contributed by atoms with Crippen molar-refractivity contribution in [2.24, 2.45) is 5.92 Å². The minimum atomic E-state index is -0.263. The number of hydrogen-bond donors (Lipinski definition) is 0. The molecule has 0 aliphatic carbocycles. The van der Waals surface area contributed by atoms with Gasteiger partial charge in [0.25, 0.3) is 0 Å². The second-order valence-electron chi connectivity index (χ2n) is 8.33. The number of methoxy groups -OCH3 is 1. The van der Waals surface area contributed by atoms with Gasteiger partial charge >= 0.3 is 6.09 Å². The van der Waals surface area contributed by atoms with Crippen LogP contribution in [0.3, 0.4) is 0 Å². The fourth-order valence-electron chi connectivity index (χ4n) is 4.40. The number of amides is 1. The van der Waals surface area contributed by atoms with Crippen molar-refractivity contribution >= 4 is 39.3 Å². The molecule has 31 heavy (non-hydrogen) atoms. The fraction of sp³-hybridized carbons (Fsp3) is 0.458. The monoisotopic (exact) mass is 506 g/mol. The number of likely N-dealkylation sites (tertiary alicyclic amines) is 1. The molecule has 1 amide bonds. The molecule has 2 heterocycles. The molecule has 2 fully saturated rings. The molecule has 4 rings (SSSR count). The van der Waals surface area contributed by atoms with E-state index >= 15 is 0 Å². The van der Waals surface area contributed by atoms with Crippen LogP contribution < -0.4 is 9.64 Å². The molecule has 1 atom stereocenters. The summed E-state index contributed by atoms with van der Waals surface area (Å²) in [5.41, 5.74) is 2.14. The number of anilines is 1. The van der Waals surface area contributed by atoms with Gasteiger partial charge in [-0.1, -0.05) is 27.5 Å². The van der Waals surface area contributed by atoms with Gasteiger partial charge in [-0.15, -0.1) is 0 Å². The van der Waals surface area contributed by atoms with Crippen LogP contribution in [-0.4, -0.2) is 50.4 Å². The van der Waals surface area contributed by atoms with Crippen LogP contribution in [0.15, 0.2) is 46.9 Å². The molecule has 7 heteroatoms. The number of piperidine rings is 1. The van der Waals surface area contributed by atoms with Gasteiger partial charge in [0.05, 0.1) is 13.7 Å². The van der Waals surface area contributed by atoms with E-state index in [9.17, 15) is 4.79 Å². The van der Waals surface area contributed by atoms with Gasteiger partial charge in [-0.2, -0.15) is 0 Å². The number of hydrogen-bond acceptors (Lipinski definition) is 4. The van der Waals surface area contributed by atoms with Crippen LogP contribution >= 0.6 is 27.5 Å². The van der Waals surface area contributed by atoms with Gasteiger partial charge in [-0.05, 0) is 92.7 Å². The van der Waals surface area contributed by atoms with Gasteiger partial charge in [-0.25, -0.2) is 4.79 Å². The average Bonchev–Trinajstić information content (AvgIpc) is 3.16. The van der Waals surface area contributed by atoms with Crippen LogP contribution in [0.2, 0.25) is 5.02 Å². The summed E-state index contributed by atoms with van der Waals surface area (Å²) < 4.78 is 11.9. The third-order valence-electron chi connectivity index (χ3n) is 6.25. The molecule has 0 radical (unpaired) electrons. The van der Waals surface area contributed by atoms with E-state index in [2.05, 4.69) is 26.9 Å². The maximum absolute atomic E-state index is 12.3. The van der Waals surface area contributed by atoms with E-state index in [-0.39, 0.29) is 12.2 Å². The predicted octanol–water partition coefficient (Wildman–Crippen LogP) is 5.78. The highest BCUT2D eigenvalue weighted by molar-refractivity contribution is 9.10. The standard InChI is InChI=1S/C24H28BrClN2O3/c1-30-21-5-3-20(4-6-21)28-16-22(31-24(28)29)10-13-27-11-8-17(9-12-27)14-18-15-19(26)2-7-23(18)25/h2-7,15,17,22H,8-14,16H2,1H3. The van der Waals surface area contributed by atoms with Crippen LogP contribution in [0.1, 0.15) is 24.8 Å². The Balaban J connectivity index is 1.22. The Morgan fingerprint density at radius 3 is 2.61 bits per heavy atom. The first-order valence-electron chi connectivity index (χ1n) is 10.8. The minimum Gasteiger partial charge on any atom is -0.497 e. The fourth-order valence-corrected chi connectivity index (χ4v) is 5.00. The Kier molecular flexibility index (Phi) is 7.41. The molecule has 2 aliphatic heterocycles. The minimum absolute atomic E-state index is 0.0604. The SMILES string of the molecule is COc1ccc(N2CC(CCN3CCC(Cc4cc(Cl)ccc4Br)CC3)OC2=O)cc1. The molecule has 0 saturated carbocycles. The van der Waals surface area contributed by atoms with Gasteiger partial charge < -0.3 is 14.4 Å². The van der Waals surface area contributed by atoms with E-state index in [0.717, 1.165) is 53.4 Å². The third kappa shape index (κ3) is 5.73. The summed E-state index contributed by atoms with van der Waals surface area (Å²) in [6.07, 6.45) is 3.97. The number of benzene rings is 2. The second kappa shape index (κ2) is 10.2. The molecule has 2 saturated heterocycles. The summed E-state index contributed by atoms with van der Waals surface area (Å²) in [5.74, 6) is 1.46. The molecule has 0 aromatic heterocycles. The van der Waals surface area contributed by atoms with Gasteiger partial charge in [0, 0.05) is 21.7 Å². The summed E-state index contributed by atoms with van der Waals surface area (Å²) in [6, 6.07) is 13.5. The van der Waals surface area contributed by atoms with Crippen molar-refractivity contribution in [1.82, 2.24) is 4.90 Å². The smallest absolute Gasteiger partial charge is 0.414 e. The van der Waals surface area contributed by atoms with Crippen LogP contribution in [0.4, 0.5) is 10.5 Å². The highest BCUT2D eigenvalue weighted by Crippen LogP contribution is 2.29. The van der Waals surface area contributed by atoms with Crippen molar-refractivity contribution in [2.45, 2.75) is 31.8 Å². The number of nitrogens with zero attached hydrogens (tertiary/aromatic N) is 2. The van der Waals surface area contributed by atoms with E-state index in [1.807, 2.05) is 36.4 Å². The Morgan fingerprint density at radius 1 is 1.16 bits per heavy atom. The maximum atomic E-state index is 12.3. The largest absolute Gasteiger partial charge is 0.497 e. The number of halogens is 2. The first kappa shape index (κ1) is 22.4. The quantitative estimate of drug-likeness (QED) is 0.476. The van der Waals surface area contributed by atoms with Crippen molar-refractivity contribution < 1.29 is 14.3 Å². The van der Waals surface area contributed by atoms with Crippen LogP contribution in [0.25, 0.3) is 0 Å². The Hall–Kier alpha value is -1.76. The first-order chi connectivity index (χ1) is 15.0. The normalized spacial score (nSPS) is 20.2. The number of ether oxygens (including phenoxy) is 2. The maximum Gasteiger partial charge on any atom is 0.414 e. The lowest BCUT2D eigenvalue weighted by Crippen LogP contribution is -2.36. The van der Waals surface area contributed by atoms with Crippen molar-refractivity contribution in [3.05, 3.63) is 57.5 Å². The number of carbonyl (C=O) groups is 1. The van der Waals surface area contributed by atoms with Crippen molar-refractivity contribution in [2.75, 3.05) is 38.2 Å². The number of cyclic esters (lactones) is 1. The Bertz CT molecular complexity index is 900. The zero-order valence-corrected chi connectivity index (χ0v) is 20.1. The highest BCUT2D eigenvalue weighted by Gasteiger charge is 2.32. The van der Waals surface area contributed by atoms with Gasteiger partial charge in [0.1, 0.15) is 11.9 Å². The van der Waals surface area contributed by atoms with E-state index in [0.29, 0.717) is 12.5 Å².